The zero-order chi connectivity index (χ0) is 12.0. The van der Waals surface area contributed by atoms with E-state index in [2.05, 4.69) is 31.0 Å². The van der Waals surface area contributed by atoms with Gasteiger partial charge in [0.2, 0.25) is 5.89 Å². The maximum absolute atomic E-state index is 5.96. The number of nitrogens with zero attached hydrogens (tertiary/aromatic N) is 1. The average molecular weight is 230 g/mol. The number of oxazole rings is 1. The molecule has 1 aliphatic rings. The Morgan fingerprint density at radius 2 is 2.12 bits per heavy atom. The van der Waals surface area contributed by atoms with Crippen molar-refractivity contribution in [1.82, 2.24) is 4.98 Å². The minimum atomic E-state index is 0.0133. The first kappa shape index (κ1) is 10.8. The van der Waals surface area contributed by atoms with Crippen LogP contribution in [-0.4, -0.2) is 11.5 Å². The first-order valence-electron chi connectivity index (χ1n) is 6.23. The van der Waals surface area contributed by atoms with Crippen molar-refractivity contribution in [3.63, 3.8) is 0 Å². The topological polar surface area (TPSA) is 52.0 Å². The van der Waals surface area contributed by atoms with Gasteiger partial charge in [0.05, 0.1) is 5.41 Å². The highest BCUT2D eigenvalue weighted by molar-refractivity contribution is 5.77. The van der Waals surface area contributed by atoms with Gasteiger partial charge in [-0.3, -0.25) is 0 Å². The molecule has 2 N–H and O–H groups in total. The van der Waals surface area contributed by atoms with Gasteiger partial charge in [-0.05, 0) is 43.9 Å². The highest BCUT2D eigenvalue weighted by Gasteiger charge is 2.42. The van der Waals surface area contributed by atoms with E-state index in [1.54, 1.807) is 0 Å². The van der Waals surface area contributed by atoms with Crippen LogP contribution in [0.2, 0.25) is 0 Å². The van der Waals surface area contributed by atoms with Crippen LogP contribution in [0.3, 0.4) is 0 Å². The van der Waals surface area contributed by atoms with Crippen LogP contribution in [0.25, 0.3) is 11.1 Å². The number of aryl methyl sites for hydroxylation is 2. The minimum absolute atomic E-state index is 0.0133. The fraction of sp³-hybridized carbons (Fsp3) is 0.500. The summed E-state index contributed by atoms with van der Waals surface area (Å²) in [7, 11) is 0. The molecule has 0 atom stereocenters. The molecule has 0 bridgehead atoms. The van der Waals surface area contributed by atoms with Gasteiger partial charge in [0, 0.05) is 6.54 Å². The zero-order valence-corrected chi connectivity index (χ0v) is 10.4. The lowest BCUT2D eigenvalue weighted by atomic mass is 9.69. The van der Waals surface area contributed by atoms with Crippen molar-refractivity contribution >= 4 is 11.1 Å². The lowest BCUT2D eigenvalue weighted by Gasteiger charge is -2.37. The van der Waals surface area contributed by atoms with Crippen molar-refractivity contribution in [2.45, 2.75) is 38.5 Å². The number of nitrogens with two attached hydrogens (primary N) is 1. The molecule has 90 valence electrons. The zero-order valence-electron chi connectivity index (χ0n) is 10.4. The molecule has 1 aliphatic carbocycles. The number of benzene rings is 1. The number of hydrogen-bond acceptors (Lipinski definition) is 3. The summed E-state index contributed by atoms with van der Waals surface area (Å²) >= 11 is 0. The van der Waals surface area contributed by atoms with E-state index in [0.29, 0.717) is 6.54 Å². The Hall–Kier alpha value is -1.35. The van der Waals surface area contributed by atoms with Gasteiger partial charge < -0.3 is 10.2 Å². The molecule has 1 aromatic carbocycles. The van der Waals surface area contributed by atoms with Gasteiger partial charge in [0.1, 0.15) is 5.52 Å². The number of fused-ring (bicyclic) bond motifs is 1. The lowest BCUT2D eigenvalue weighted by Crippen LogP contribution is -2.41. The fourth-order valence-corrected chi connectivity index (χ4v) is 2.71. The van der Waals surface area contributed by atoms with Crippen LogP contribution in [0, 0.1) is 13.8 Å². The van der Waals surface area contributed by atoms with Gasteiger partial charge in [0.25, 0.3) is 0 Å². The third-order valence-electron chi connectivity index (χ3n) is 3.98. The molecule has 3 heteroatoms. The highest BCUT2D eigenvalue weighted by Crippen LogP contribution is 2.43. The quantitative estimate of drug-likeness (QED) is 0.863. The second-order valence-electron chi connectivity index (χ2n) is 5.29. The summed E-state index contributed by atoms with van der Waals surface area (Å²) in [6, 6.07) is 4.21. The Bertz CT molecular complexity index is 561. The Balaban J connectivity index is 2.16. The van der Waals surface area contributed by atoms with E-state index in [1.807, 2.05) is 0 Å². The molecule has 0 unspecified atom stereocenters. The van der Waals surface area contributed by atoms with Crippen LogP contribution in [0.15, 0.2) is 16.5 Å². The maximum Gasteiger partial charge on any atom is 0.202 e. The smallest absolute Gasteiger partial charge is 0.202 e. The standard InChI is InChI=1S/C14H18N2O/c1-9-6-10(2)12-11(7-9)16-13(17-12)14(8-15)4-3-5-14/h6-7H,3-5,8,15H2,1-2H3. The van der Waals surface area contributed by atoms with E-state index >= 15 is 0 Å². The predicted octanol–water partition coefficient (Wildman–Crippen LogP) is 2.83. The van der Waals surface area contributed by atoms with Crippen molar-refractivity contribution in [2.75, 3.05) is 6.54 Å². The molecule has 3 nitrogen and oxygen atoms in total. The third-order valence-corrected chi connectivity index (χ3v) is 3.98. The van der Waals surface area contributed by atoms with E-state index in [0.717, 1.165) is 35.4 Å². The van der Waals surface area contributed by atoms with Crippen LogP contribution in [0.4, 0.5) is 0 Å². The van der Waals surface area contributed by atoms with E-state index in [4.69, 9.17) is 10.2 Å². The molecule has 0 spiro atoms. The Labute approximate surface area is 101 Å². The number of hydrogen-bond donors (Lipinski definition) is 1. The SMILES string of the molecule is Cc1cc(C)c2oc(C3(CN)CCC3)nc2c1. The molecule has 0 aliphatic heterocycles. The second-order valence-corrected chi connectivity index (χ2v) is 5.29. The summed E-state index contributed by atoms with van der Waals surface area (Å²) in [6.07, 6.45) is 3.44. The van der Waals surface area contributed by atoms with E-state index in [1.165, 1.54) is 12.0 Å². The summed E-state index contributed by atoms with van der Waals surface area (Å²) in [6.45, 7) is 4.79. The van der Waals surface area contributed by atoms with Gasteiger partial charge in [-0.15, -0.1) is 0 Å². The van der Waals surface area contributed by atoms with Crippen molar-refractivity contribution in [1.29, 1.82) is 0 Å². The molecule has 1 saturated carbocycles. The Kier molecular flexibility index (Phi) is 2.26. The maximum atomic E-state index is 5.96. The first-order chi connectivity index (χ1) is 8.14. The van der Waals surface area contributed by atoms with Gasteiger partial charge in [0.15, 0.2) is 5.58 Å². The largest absolute Gasteiger partial charge is 0.440 e. The lowest BCUT2D eigenvalue weighted by molar-refractivity contribution is 0.203. The Morgan fingerprint density at radius 1 is 1.35 bits per heavy atom. The van der Waals surface area contributed by atoms with Gasteiger partial charge in [-0.2, -0.15) is 0 Å². The summed E-state index contributed by atoms with van der Waals surface area (Å²) in [5, 5.41) is 0. The van der Waals surface area contributed by atoms with Gasteiger partial charge in [-0.1, -0.05) is 12.5 Å². The second kappa shape index (κ2) is 3.57. The van der Waals surface area contributed by atoms with Crippen molar-refractivity contribution in [2.24, 2.45) is 5.73 Å². The van der Waals surface area contributed by atoms with E-state index in [9.17, 15) is 0 Å². The van der Waals surface area contributed by atoms with Crippen LogP contribution in [0.1, 0.15) is 36.3 Å². The molecule has 0 radical (unpaired) electrons. The highest BCUT2D eigenvalue weighted by atomic mass is 16.3. The molecule has 1 fully saturated rings. The van der Waals surface area contributed by atoms with Crippen molar-refractivity contribution in [3.8, 4) is 0 Å². The molecule has 1 heterocycles. The Morgan fingerprint density at radius 3 is 2.71 bits per heavy atom. The van der Waals surface area contributed by atoms with Crippen LogP contribution >= 0.6 is 0 Å². The van der Waals surface area contributed by atoms with E-state index < -0.39 is 0 Å². The van der Waals surface area contributed by atoms with Crippen molar-refractivity contribution in [3.05, 3.63) is 29.2 Å². The molecule has 0 amide bonds. The van der Waals surface area contributed by atoms with E-state index in [-0.39, 0.29) is 5.41 Å². The number of rotatable bonds is 2. The average Bonchev–Trinajstić information content (AvgIpc) is 2.61. The third kappa shape index (κ3) is 1.49. The van der Waals surface area contributed by atoms with Crippen LogP contribution in [-0.2, 0) is 5.41 Å². The summed E-state index contributed by atoms with van der Waals surface area (Å²) in [5.41, 5.74) is 10.2. The van der Waals surface area contributed by atoms with Crippen molar-refractivity contribution < 1.29 is 4.42 Å². The molecular weight excluding hydrogens is 212 g/mol. The van der Waals surface area contributed by atoms with Gasteiger partial charge in [-0.25, -0.2) is 4.98 Å². The first-order valence-corrected chi connectivity index (χ1v) is 6.23. The summed E-state index contributed by atoms with van der Waals surface area (Å²) < 4.78 is 5.96. The normalized spacial score (nSPS) is 18.3. The van der Waals surface area contributed by atoms with Gasteiger partial charge >= 0.3 is 0 Å². The minimum Gasteiger partial charge on any atom is -0.440 e. The molecule has 17 heavy (non-hydrogen) atoms. The molecule has 1 aromatic heterocycles. The predicted molar refractivity (Wildman–Crippen MR) is 68.1 cm³/mol. The molecule has 3 rings (SSSR count). The molecule has 2 aromatic rings. The number of aromatic nitrogens is 1. The fourth-order valence-electron chi connectivity index (χ4n) is 2.71. The summed E-state index contributed by atoms with van der Waals surface area (Å²) in [4.78, 5) is 4.65. The molecular formula is C14H18N2O. The molecule has 0 saturated heterocycles. The monoisotopic (exact) mass is 230 g/mol. The van der Waals surface area contributed by atoms with Crippen LogP contribution < -0.4 is 5.73 Å². The summed E-state index contributed by atoms with van der Waals surface area (Å²) in [5.74, 6) is 0.843. The van der Waals surface area contributed by atoms with Crippen LogP contribution in [0.5, 0.6) is 0 Å².